The highest BCUT2D eigenvalue weighted by Gasteiger charge is 2.07. The highest BCUT2D eigenvalue weighted by atomic mass is 16.2. The highest BCUT2D eigenvalue weighted by Crippen LogP contribution is 2.18. The molecule has 154 valence electrons. The number of fused-ring (bicyclic) bond motifs is 1. The lowest BCUT2D eigenvalue weighted by Gasteiger charge is -2.10. The molecule has 2 amide bonds. The van der Waals surface area contributed by atoms with E-state index in [0.29, 0.717) is 17.8 Å². The molecule has 31 heavy (non-hydrogen) atoms. The molecule has 0 aliphatic heterocycles. The summed E-state index contributed by atoms with van der Waals surface area (Å²) in [7, 11) is 0. The molecular weight excluding hydrogens is 386 g/mol. The van der Waals surface area contributed by atoms with Gasteiger partial charge >= 0.3 is 0 Å². The molecule has 0 heterocycles. The van der Waals surface area contributed by atoms with Gasteiger partial charge in [-0.2, -0.15) is 0 Å². The number of hydrogen-bond donors (Lipinski definition) is 3. The fourth-order valence-corrected chi connectivity index (χ4v) is 3.27. The third kappa shape index (κ3) is 5.48. The van der Waals surface area contributed by atoms with Crippen LogP contribution in [0.3, 0.4) is 0 Å². The number of amides is 2. The van der Waals surface area contributed by atoms with Gasteiger partial charge in [0, 0.05) is 23.5 Å². The van der Waals surface area contributed by atoms with Gasteiger partial charge in [-0.05, 0) is 52.7 Å². The summed E-state index contributed by atoms with van der Waals surface area (Å²) >= 11 is 0. The zero-order valence-corrected chi connectivity index (χ0v) is 17.0. The predicted molar refractivity (Wildman–Crippen MR) is 125 cm³/mol. The van der Waals surface area contributed by atoms with Gasteiger partial charge in [0.1, 0.15) is 0 Å². The Hall–Kier alpha value is -4.12. The van der Waals surface area contributed by atoms with Crippen LogP contribution in [0.1, 0.15) is 15.9 Å². The summed E-state index contributed by atoms with van der Waals surface area (Å²) in [6.07, 6.45) is 0. The van der Waals surface area contributed by atoms with Crippen molar-refractivity contribution >= 4 is 34.0 Å². The highest BCUT2D eigenvalue weighted by molar-refractivity contribution is 5.97. The monoisotopic (exact) mass is 409 g/mol. The molecule has 0 bridgehead atoms. The molecule has 0 spiro atoms. The van der Waals surface area contributed by atoms with Crippen molar-refractivity contribution in [1.29, 1.82) is 0 Å². The molecule has 0 aromatic heterocycles. The molecule has 0 saturated heterocycles. The number of anilines is 2. The van der Waals surface area contributed by atoms with E-state index in [1.54, 1.807) is 24.3 Å². The predicted octanol–water partition coefficient (Wildman–Crippen LogP) is 4.82. The van der Waals surface area contributed by atoms with Gasteiger partial charge < -0.3 is 16.0 Å². The average molecular weight is 409 g/mol. The van der Waals surface area contributed by atoms with E-state index in [2.05, 4.69) is 22.0 Å². The van der Waals surface area contributed by atoms with Crippen LogP contribution in [0.2, 0.25) is 0 Å². The molecule has 0 aliphatic rings. The summed E-state index contributed by atoms with van der Waals surface area (Å²) in [6.45, 7) is 0.621. The molecule has 0 unspecified atom stereocenters. The van der Waals surface area contributed by atoms with E-state index in [1.165, 1.54) is 0 Å². The van der Waals surface area contributed by atoms with E-state index < -0.39 is 0 Å². The first kappa shape index (κ1) is 20.2. The van der Waals surface area contributed by atoms with Crippen LogP contribution in [0.15, 0.2) is 97.1 Å². The summed E-state index contributed by atoms with van der Waals surface area (Å²) in [5.74, 6) is -0.311. The zero-order valence-electron chi connectivity index (χ0n) is 17.0. The van der Waals surface area contributed by atoms with Crippen LogP contribution in [-0.4, -0.2) is 18.4 Å². The third-order valence-corrected chi connectivity index (χ3v) is 4.93. The zero-order chi connectivity index (χ0) is 21.5. The normalized spacial score (nSPS) is 10.5. The van der Waals surface area contributed by atoms with Crippen LogP contribution in [0.5, 0.6) is 0 Å². The first-order chi connectivity index (χ1) is 15.2. The minimum absolute atomic E-state index is 0.150. The van der Waals surface area contributed by atoms with Gasteiger partial charge in [0.2, 0.25) is 5.91 Å². The van der Waals surface area contributed by atoms with Crippen molar-refractivity contribution in [1.82, 2.24) is 5.32 Å². The Labute approximate surface area is 181 Å². The lowest BCUT2D eigenvalue weighted by Crippen LogP contribution is -2.23. The number of carbonyl (C=O) groups excluding carboxylic acids is 2. The minimum Gasteiger partial charge on any atom is -0.376 e. The molecule has 0 aliphatic carbocycles. The van der Waals surface area contributed by atoms with Crippen molar-refractivity contribution in [2.45, 2.75) is 6.54 Å². The summed E-state index contributed by atoms with van der Waals surface area (Å²) < 4.78 is 0. The molecule has 4 aromatic rings. The van der Waals surface area contributed by atoms with E-state index in [4.69, 9.17) is 0 Å². The second-order valence-electron chi connectivity index (χ2n) is 7.21. The SMILES string of the molecule is O=C(CNc1ccc2ccccc2c1)Nc1ccc(C(=O)NCc2ccccc2)cc1. The summed E-state index contributed by atoms with van der Waals surface area (Å²) in [6, 6.07) is 30.7. The molecule has 0 fully saturated rings. The van der Waals surface area contributed by atoms with Crippen LogP contribution < -0.4 is 16.0 Å². The third-order valence-electron chi connectivity index (χ3n) is 4.93. The van der Waals surface area contributed by atoms with Gasteiger partial charge in [0.15, 0.2) is 0 Å². The van der Waals surface area contributed by atoms with Crippen LogP contribution in [0.4, 0.5) is 11.4 Å². The molecule has 4 rings (SSSR count). The quantitative estimate of drug-likeness (QED) is 0.410. The Morgan fingerprint density at radius 1 is 0.677 bits per heavy atom. The molecule has 3 N–H and O–H groups in total. The molecule has 0 radical (unpaired) electrons. The van der Waals surface area contributed by atoms with E-state index in [9.17, 15) is 9.59 Å². The van der Waals surface area contributed by atoms with E-state index in [-0.39, 0.29) is 18.4 Å². The molecular formula is C26H23N3O2. The lowest BCUT2D eigenvalue weighted by molar-refractivity contribution is -0.114. The average Bonchev–Trinajstić information content (AvgIpc) is 2.82. The Balaban J connectivity index is 1.27. The van der Waals surface area contributed by atoms with Gasteiger partial charge in [-0.15, -0.1) is 0 Å². The van der Waals surface area contributed by atoms with E-state index in [1.807, 2.05) is 66.7 Å². The number of benzene rings is 4. The van der Waals surface area contributed by atoms with Crippen LogP contribution in [0, 0.1) is 0 Å². The van der Waals surface area contributed by atoms with Crippen molar-refractivity contribution in [3.8, 4) is 0 Å². The fourth-order valence-electron chi connectivity index (χ4n) is 3.27. The van der Waals surface area contributed by atoms with Crippen molar-refractivity contribution in [3.63, 3.8) is 0 Å². The van der Waals surface area contributed by atoms with Crippen molar-refractivity contribution in [2.75, 3.05) is 17.2 Å². The molecule has 5 heteroatoms. The minimum atomic E-state index is -0.158. The Kier molecular flexibility index (Phi) is 6.24. The maximum absolute atomic E-state index is 12.3. The Morgan fingerprint density at radius 3 is 2.13 bits per heavy atom. The number of rotatable bonds is 7. The van der Waals surface area contributed by atoms with Gasteiger partial charge in [0.05, 0.1) is 6.54 Å². The smallest absolute Gasteiger partial charge is 0.251 e. The van der Waals surface area contributed by atoms with Crippen molar-refractivity contribution in [3.05, 3.63) is 108 Å². The largest absolute Gasteiger partial charge is 0.376 e. The number of nitrogens with one attached hydrogen (secondary N) is 3. The summed E-state index contributed by atoms with van der Waals surface area (Å²) in [4.78, 5) is 24.6. The fraction of sp³-hybridized carbons (Fsp3) is 0.0769. The second kappa shape index (κ2) is 9.59. The standard InChI is InChI=1S/C26H23N3O2/c30-25(18-27-24-15-10-20-8-4-5-9-22(20)16-24)29-23-13-11-21(12-14-23)26(31)28-17-19-6-2-1-3-7-19/h1-16,27H,17-18H2,(H,28,31)(H,29,30). The molecule has 0 saturated carbocycles. The number of carbonyl (C=O) groups is 2. The molecule has 4 aromatic carbocycles. The van der Waals surface area contributed by atoms with Crippen LogP contribution in [-0.2, 0) is 11.3 Å². The maximum Gasteiger partial charge on any atom is 0.251 e. The van der Waals surface area contributed by atoms with Crippen LogP contribution >= 0.6 is 0 Å². The number of hydrogen-bond acceptors (Lipinski definition) is 3. The summed E-state index contributed by atoms with van der Waals surface area (Å²) in [5, 5.41) is 11.2. The topological polar surface area (TPSA) is 70.2 Å². The maximum atomic E-state index is 12.3. The summed E-state index contributed by atoms with van der Waals surface area (Å²) in [5.41, 5.74) is 3.12. The van der Waals surface area contributed by atoms with Gasteiger partial charge in [-0.25, -0.2) is 0 Å². The second-order valence-corrected chi connectivity index (χ2v) is 7.21. The first-order valence-corrected chi connectivity index (χ1v) is 10.1. The molecule has 0 atom stereocenters. The van der Waals surface area contributed by atoms with Gasteiger partial charge in [-0.1, -0.05) is 60.7 Å². The molecule has 5 nitrogen and oxygen atoms in total. The van der Waals surface area contributed by atoms with Crippen molar-refractivity contribution < 1.29 is 9.59 Å². The van der Waals surface area contributed by atoms with Gasteiger partial charge in [-0.3, -0.25) is 9.59 Å². The Bertz CT molecular complexity index is 1190. The van der Waals surface area contributed by atoms with E-state index in [0.717, 1.165) is 22.0 Å². The van der Waals surface area contributed by atoms with Crippen molar-refractivity contribution in [2.24, 2.45) is 0 Å². The first-order valence-electron chi connectivity index (χ1n) is 10.1. The van der Waals surface area contributed by atoms with E-state index >= 15 is 0 Å². The van der Waals surface area contributed by atoms with Crippen LogP contribution in [0.25, 0.3) is 10.8 Å². The lowest BCUT2D eigenvalue weighted by atomic mass is 10.1. The Morgan fingerprint density at radius 2 is 1.35 bits per heavy atom. The van der Waals surface area contributed by atoms with Gasteiger partial charge in [0.25, 0.3) is 5.91 Å².